The molecule has 0 aromatic carbocycles. The molecular weight excluding hydrogens is 166 g/mol. The van der Waals surface area contributed by atoms with Gasteiger partial charge in [-0.3, -0.25) is 4.79 Å². The van der Waals surface area contributed by atoms with Crippen LogP contribution in [0, 0.1) is 11.8 Å². The summed E-state index contributed by atoms with van der Waals surface area (Å²) in [4.78, 5) is 10.9. The van der Waals surface area contributed by atoms with Crippen molar-refractivity contribution in [3.8, 4) is 0 Å². The molecular formula is C10H19NO2. The van der Waals surface area contributed by atoms with E-state index in [0.29, 0.717) is 13.0 Å². The molecule has 0 aliphatic heterocycles. The Bertz CT molecular complexity index is 170. The Balaban J connectivity index is 1.86. The second-order valence-corrected chi connectivity index (χ2v) is 3.73. The maximum atomic E-state index is 10.9. The summed E-state index contributed by atoms with van der Waals surface area (Å²) in [5, 5.41) is 3.27. The average molecular weight is 185 g/mol. The second-order valence-electron chi connectivity index (χ2n) is 3.73. The highest BCUT2D eigenvalue weighted by molar-refractivity contribution is 5.69. The van der Waals surface area contributed by atoms with E-state index in [9.17, 15) is 4.79 Å². The predicted molar refractivity (Wildman–Crippen MR) is 51.4 cm³/mol. The van der Waals surface area contributed by atoms with E-state index in [1.54, 1.807) is 0 Å². The predicted octanol–water partition coefficient (Wildman–Crippen LogP) is 1.19. The van der Waals surface area contributed by atoms with Crippen LogP contribution in [0.5, 0.6) is 0 Å². The lowest BCUT2D eigenvalue weighted by Gasteiger charge is -2.03. The lowest BCUT2D eigenvalue weighted by Crippen LogP contribution is -2.21. The van der Waals surface area contributed by atoms with Gasteiger partial charge in [-0.1, -0.05) is 6.92 Å². The molecule has 1 aliphatic carbocycles. The highest BCUT2D eigenvalue weighted by Gasteiger charge is 2.31. The van der Waals surface area contributed by atoms with Crippen molar-refractivity contribution in [3.63, 3.8) is 0 Å². The number of ether oxygens (including phenoxy) is 1. The second kappa shape index (κ2) is 5.22. The van der Waals surface area contributed by atoms with Gasteiger partial charge in [0.1, 0.15) is 0 Å². The first kappa shape index (κ1) is 10.5. The fraction of sp³-hybridized carbons (Fsp3) is 0.900. The summed E-state index contributed by atoms with van der Waals surface area (Å²) in [6.07, 6.45) is 1.83. The Morgan fingerprint density at radius 3 is 2.85 bits per heavy atom. The van der Waals surface area contributed by atoms with Crippen molar-refractivity contribution in [2.45, 2.75) is 26.7 Å². The number of carbonyl (C=O) groups is 1. The average Bonchev–Trinajstić information content (AvgIpc) is 2.77. The summed E-state index contributed by atoms with van der Waals surface area (Å²) in [7, 11) is 0. The lowest BCUT2D eigenvalue weighted by atomic mass is 10.3. The van der Waals surface area contributed by atoms with Crippen molar-refractivity contribution in [2.24, 2.45) is 11.8 Å². The first-order valence-electron chi connectivity index (χ1n) is 5.10. The zero-order valence-electron chi connectivity index (χ0n) is 8.51. The van der Waals surface area contributed by atoms with Gasteiger partial charge >= 0.3 is 5.97 Å². The van der Waals surface area contributed by atoms with Gasteiger partial charge in [-0.25, -0.2) is 0 Å². The Morgan fingerprint density at radius 1 is 1.62 bits per heavy atom. The van der Waals surface area contributed by atoms with Crippen molar-refractivity contribution in [1.29, 1.82) is 0 Å². The van der Waals surface area contributed by atoms with Gasteiger partial charge in [0.05, 0.1) is 13.0 Å². The van der Waals surface area contributed by atoms with E-state index in [2.05, 4.69) is 12.2 Å². The van der Waals surface area contributed by atoms with Crippen LogP contribution in [-0.4, -0.2) is 25.7 Å². The van der Waals surface area contributed by atoms with E-state index in [4.69, 9.17) is 4.74 Å². The first-order chi connectivity index (χ1) is 6.24. The van der Waals surface area contributed by atoms with E-state index in [1.165, 1.54) is 6.42 Å². The van der Waals surface area contributed by atoms with E-state index in [0.717, 1.165) is 24.9 Å². The third kappa shape index (κ3) is 4.27. The van der Waals surface area contributed by atoms with Crippen LogP contribution in [0.25, 0.3) is 0 Å². The maximum absolute atomic E-state index is 10.9. The molecule has 2 unspecified atom stereocenters. The Kier molecular flexibility index (Phi) is 4.22. The minimum Gasteiger partial charge on any atom is -0.466 e. The number of carbonyl (C=O) groups excluding carboxylic acids is 1. The van der Waals surface area contributed by atoms with E-state index in [-0.39, 0.29) is 5.97 Å². The number of hydrogen-bond donors (Lipinski definition) is 1. The molecule has 1 aliphatic rings. The Hall–Kier alpha value is -0.570. The van der Waals surface area contributed by atoms with Gasteiger partial charge in [0.25, 0.3) is 0 Å². The molecule has 1 saturated carbocycles. The Labute approximate surface area is 79.8 Å². The fourth-order valence-corrected chi connectivity index (χ4v) is 1.39. The quantitative estimate of drug-likeness (QED) is 0.499. The summed E-state index contributed by atoms with van der Waals surface area (Å²) in [6.45, 7) is 6.38. The number of hydrogen-bond acceptors (Lipinski definition) is 3. The molecule has 2 atom stereocenters. The number of rotatable bonds is 6. The van der Waals surface area contributed by atoms with Crippen LogP contribution in [0.3, 0.4) is 0 Å². The summed E-state index contributed by atoms with van der Waals surface area (Å²) in [6, 6.07) is 0. The van der Waals surface area contributed by atoms with Crippen LogP contribution >= 0.6 is 0 Å². The molecule has 1 rings (SSSR count). The van der Waals surface area contributed by atoms with Gasteiger partial charge in [0, 0.05) is 6.54 Å². The molecule has 0 aromatic heterocycles. The SMILES string of the molecule is CCOC(=O)CCNCC1CC1C. The van der Waals surface area contributed by atoms with Crippen molar-refractivity contribution in [3.05, 3.63) is 0 Å². The van der Waals surface area contributed by atoms with Gasteiger partial charge in [0.15, 0.2) is 0 Å². The normalized spacial score (nSPS) is 25.7. The van der Waals surface area contributed by atoms with Crippen LogP contribution < -0.4 is 5.32 Å². The zero-order valence-corrected chi connectivity index (χ0v) is 8.51. The molecule has 0 spiro atoms. The van der Waals surface area contributed by atoms with Crippen LogP contribution in [0.1, 0.15) is 26.7 Å². The van der Waals surface area contributed by atoms with E-state index >= 15 is 0 Å². The molecule has 1 fully saturated rings. The molecule has 76 valence electrons. The minimum atomic E-state index is -0.0983. The number of nitrogens with one attached hydrogen (secondary N) is 1. The topological polar surface area (TPSA) is 38.3 Å². The van der Waals surface area contributed by atoms with E-state index < -0.39 is 0 Å². The van der Waals surface area contributed by atoms with Crippen molar-refractivity contribution in [1.82, 2.24) is 5.32 Å². The largest absolute Gasteiger partial charge is 0.466 e. The summed E-state index contributed by atoms with van der Waals surface area (Å²) >= 11 is 0. The molecule has 3 heteroatoms. The Morgan fingerprint density at radius 2 is 2.31 bits per heavy atom. The van der Waals surface area contributed by atoms with Crippen molar-refractivity contribution < 1.29 is 9.53 Å². The van der Waals surface area contributed by atoms with Gasteiger partial charge in [-0.15, -0.1) is 0 Å². The molecule has 0 radical (unpaired) electrons. The maximum Gasteiger partial charge on any atom is 0.307 e. The van der Waals surface area contributed by atoms with Gasteiger partial charge in [-0.2, -0.15) is 0 Å². The molecule has 0 aromatic rings. The molecule has 0 bridgehead atoms. The fourth-order valence-electron chi connectivity index (χ4n) is 1.39. The van der Waals surface area contributed by atoms with E-state index in [1.807, 2.05) is 6.92 Å². The highest BCUT2D eigenvalue weighted by atomic mass is 16.5. The molecule has 3 nitrogen and oxygen atoms in total. The molecule has 0 heterocycles. The third-order valence-electron chi connectivity index (χ3n) is 2.49. The molecule has 1 N–H and O–H groups in total. The van der Waals surface area contributed by atoms with Crippen LogP contribution in [0.4, 0.5) is 0 Å². The highest BCUT2D eigenvalue weighted by Crippen LogP contribution is 2.36. The van der Waals surface area contributed by atoms with Crippen molar-refractivity contribution >= 4 is 5.97 Å². The standard InChI is InChI=1S/C10H19NO2/c1-3-13-10(12)4-5-11-7-9-6-8(9)2/h8-9,11H,3-7H2,1-2H3. The lowest BCUT2D eigenvalue weighted by molar-refractivity contribution is -0.142. The van der Waals surface area contributed by atoms with Gasteiger partial charge in [-0.05, 0) is 31.7 Å². The molecule has 0 saturated heterocycles. The smallest absolute Gasteiger partial charge is 0.307 e. The first-order valence-corrected chi connectivity index (χ1v) is 5.10. The summed E-state index contributed by atoms with van der Waals surface area (Å²) < 4.78 is 4.81. The molecule has 13 heavy (non-hydrogen) atoms. The molecule has 0 amide bonds. The van der Waals surface area contributed by atoms with Crippen LogP contribution in [0.2, 0.25) is 0 Å². The minimum absolute atomic E-state index is 0.0983. The van der Waals surface area contributed by atoms with Crippen molar-refractivity contribution in [2.75, 3.05) is 19.7 Å². The zero-order chi connectivity index (χ0) is 9.68. The summed E-state index contributed by atoms with van der Waals surface area (Å²) in [5.74, 6) is 1.64. The monoisotopic (exact) mass is 185 g/mol. The van der Waals surface area contributed by atoms with Crippen LogP contribution in [0.15, 0.2) is 0 Å². The van der Waals surface area contributed by atoms with Gasteiger partial charge < -0.3 is 10.1 Å². The number of esters is 1. The van der Waals surface area contributed by atoms with Gasteiger partial charge in [0.2, 0.25) is 0 Å². The summed E-state index contributed by atoms with van der Waals surface area (Å²) in [5.41, 5.74) is 0. The third-order valence-corrected chi connectivity index (χ3v) is 2.49. The van der Waals surface area contributed by atoms with Crippen LogP contribution in [-0.2, 0) is 9.53 Å².